The second kappa shape index (κ2) is 7.83. The van der Waals surface area contributed by atoms with Gasteiger partial charge in [0.15, 0.2) is 0 Å². The quantitative estimate of drug-likeness (QED) is 0.553. The molecule has 0 aliphatic heterocycles. The third kappa shape index (κ3) is 3.10. The number of methoxy groups -OCH3 is 1. The third-order valence-electron chi connectivity index (χ3n) is 6.01. The molecule has 23 heavy (non-hydrogen) atoms. The van der Waals surface area contributed by atoms with Crippen LogP contribution in [0.5, 0.6) is 0 Å². The Bertz CT molecular complexity index is 498. The van der Waals surface area contributed by atoms with Gasteiger partial charge in [0.25, 0.3) is 0 Å². The molecule has 0 spiro atoms. The standard InChI is InChI=1S/C19H26O2.C2H4/c1-4-21-12-15-10-14-11-17(15)19(2,18(14)13-20-3)16-8-6-5-7-9-16;1-2/h4-9,14-15,17-18H,1,10-13H2,2-3H3;1-2H2. The van der Waals surface area contributed by atoms with Gasteiger partial charge in [-0.25, -0.2) is 0 Å². The zero-order valence-electron chi connectivity index (χ0n) is 14.5. The molecule has 2 aliphatic rings. The van der Waals surface area contributed by atoms with Crippen molar-refractivity contribution >= 4 is 0 Å². The molecule has 0 amide bonds. The summed E-state index contributed by atoms with van der Waals surface area (Å²) >= 11 is 0. The Hall–Kier alpha value is -1.54. The Morgan fingerprint density at radius 1 is 1.17 bits per heavy atom. The van der Waals surface area contributed by atoms with E-state index in [2.05, 4.69) is 57.0 Å². The maximum atomic E-state index is 5.56. The van der Waals surface area contributed by atoms with Crippen LogP contribution in [-0.4, -0.2) is 20.3 Å². The third-order valence-corrected chi connectivity index (χ3v) is 6.01. The largest absolute Gasteiger partial charge is 0.502 e. The smallest absolute Gasteiger partial charge is 0.0904 e. The molecule has 0 N–H and O–H groups in total. The first-order valence-corrected chi connectivity index (χ1v) is 8.48. The Kier molecular flexibility index (Phi) is 6.06. The summed E-state index contributed by atoms with van der Waals surface area (Å²) in [4.78, 5) is 0. The van der Waals surface area contributed by atoms with Gasteiger partial charge >= 0.3 is 0 Å². The molecule has 3 rings (SSSR count). The highest BCUT2D eigenvalue weighted by Gasteiger charge is 2.59. The zero-order chi connectivity index (χ0) is 16.9. The molecule has 2 aliphatic carbocycles. The van der Waals surface area contributed by atoms with Crippen LogP contribution in [0.3, 0.4) is 0 Å². The normalized spacial score (nSPS) is 34.5. The molecule has 5 unspecified atom stereocenters. The predicted octanol–water partition coefficient (Wildman–Crippen LogP) is 4.83. The predicted molar refractivity (Wildman–Crippen MR) is 96.3 cm³/mol. The lowest BCUT2D eigenvalue weighted by Gasteiger charge is -2.45. The summed E-state index contributed by atoms with van der Waals surface area (Å²) in [5.41, 5.74) is 1.66. The summed E-state index contributed by atoms with van der Waals surface area (Å²) in [5, 5.41) is 0. The van der Waals surface area contributed by atoms with Gasteiger partial charge in [-0.2, -0.15) is 0 Å². The van der Waals surface area contributed by atoms with E-state index >= 15 is 0 Å². The van der Waals surface area contributed by atoms with E-state index in [1.54, 1.807) is 6.26 Å². The monoisotopic (exact) mass is 314 g/mol. The van der Waals surface area contributed by atoms with Crippen molar-refractivity contribution < 1.29 is 9.47 Å². The van der Waals surface area contributed by atoms with Crippen molar-refractivity contribution in [2.24, 2.45) is 23.7 Å². The lowest BCUT2D eigenvalue weighted by molar-refractivity contribution is 0.0338. The molecule has 2 nitrogen and oxygen atoms in total. The lowest BCUT2D eigenvalue weighted by atomic mass is 9.60. The van der Waals surface area contributed by atoms with Crippen molar-refractivity contribution in [2.45, 2.75) is 25.2 Å². The summed E-state index contributed by atoms with van der Waals surface area (Å²) in [7, 11) is 1.83. The van der Waals surface area contributed by atoms with Crippen molar-refractivity contribution in [1.29, 1.82) is 0 Å². The molecule has 0 saturated heterocycles. The maximum Gasteiger partial charge on any atom is 0.0904 e. The molecule has 2 saturated carbocycles. The van der Waals surface area contributed by atoms with Crippen LogP contribution in [0.2, 0.25) is 0 Å². The molecule has 2 bridgehead atoms. The molecule has 2 fully saturated rings. The minimum absolute atomic E-state index is 0.204. The molecule has 0 heterocycles. The van der Waals surface area contributed by atoms with Crippen LogP contribution in [0.1, 0.15) is 25.3 Å². The van der Waals surface area contributed by atoms with E-state index in [0.717, 1.165) is 19.1 Å². The van der Waals surface area contributed by atoms with Crippen molar-refractivity contribution in [1.82, 2.24) is 0 Å². The van der Waals surface area contributed by atoms with E-state index < -0.39 is 0 Å². The highest BCUT2D eigenvalue weighted by atomic mass is 16.5. The SMILES string of the molecule is C=C.C=COCC1CC2CC1C(C)(c1ccccc1)C2COC. The van der Waals surface area contributed by atoms with Crippen LogP contribution in [0, 0.1) is 23.7 Å². The van der Waals surface area contributed by atoms with Crippen LogP contribution in [0.25, 0.3) is 0 Å². The zero-order valence-corrected chi connectivity index (χ0v) is 14.5. The van der Waals surface area contributed by atoms with Crippen LogP contribution in [0.15, 0.2) is 56.3 Å². The Labute approximate surface area is 141 Å². The fourth-order valence-electron chi connectivity index (χ4n) is 5.09. The minimum atomic E-state index is 0.204. The second-order valence-electron chi connectivity index (χ2n) is 6.81. The molecule has 5 atom stereocenters. The van der Waals surface area contributed by atoms with Crippen molar-refractivity contribution in [2.75, 3.05) is 20.3 Å². The topological polar surface area (TPSA) is 18.5 Å². The van der Waals surface area contributed by atoms with E-state index in [1.165, 1.54) is 18.4 Å². The first kappa shape index (κ1) is 17.8. The lowest BCUT2D eigenvalue weighted by Crippen LogP contribution is -2.44. The van der Waals surface area contributed by atoms with Gasteiger partial charge in [0.2, 0.25) is 0 Å². The number of rotatable bonds is 6. The van der Waals surface area contributed by atoms with E-state index in [1.807, 2.05) is 7.11 Å². The maximum absolute atomic E-state index is 5.56. The van der Waals surface area contributed by atoms with Gasteiger partial charge in [0.05, 0.1) is 19.5 Å². The first-order valence-electron chi connectivity index (χ1n) is 8.48. The van der Waals surface area contributed by atoms with Crippen LogP contribution < -0.4 is 0 Å². The molecule has 0 radical (unpaired) electrons. The van der Waals surface area contributed by atoms with Gasteiger partial charge in [-0.3, -0.25) is 0 Å². The molecule has 2 heteroatoms. The number of hydrogen-bond donors (Lipinski definition) is 0. The van der Waals surface area contributed by atoms with Crippen molar-refractivity contribution in [3.05, 3.63) is 61.9 Å². The summed E-state index contributed by atoms with van der Waals surface area (Å²) < 4.78 is 11.1. The molecule has 1 aromatic rings. The second-order valence-corrected chi connectivity index (χ2v) is 6.81. The van der Waals surface area contributed by atoms with Crippen LogP contribution >= 0.6 is 0 Å². The minimum Gasteiger partial charge on any atom is -0.502 e. The molecular weight excluding hydrogens is 284 g/mol. The Morgan fingerprint density at radius 2 is 1.87 bits per heavy atom. The van der Waals surface area contributed by atoms with Gasteiger partial charge < -0.3 is 9.47 Å². The number of benzene rings is 1. The van der Waals surface area contributed by atoms with Gasteiger partial charge in [-0.15, -0.1) is 13.2 Å². The average molecular weight is 314 g/mol. The van der Waals surface area contributed by atoms with Crippen LogP contribution in [-0.2, 0) is 14.9 Å². The van der Waals surface area contributed by atoms with Crippen molar-refractivity contribution in [3.8, 4) is 0 Å². The van der Waals surface area contributed by atoms with E-state index in [0.29, 0.717) is 17.8 Å². The molecule has 126 valence electrons. The van der Waals surface area contributed by atoms with E-state index in [4.69, 9.17) is 9.47 Å². The van der Waals surface area contributed by atoms with Gasteiger partial charge in [0, 0.05) is 12.5 Å². The van der Waals surface area contributed by atoms with E-state index in [-0.39, 0.29) is 5.41 Å². The number of ether oxygens (including phenoxy) is 2. The Balaban J connectivity index is 0.000000924. The van der Waals surface area contributed by atoms with Gasteiger partial charge in [-0.1, -0.05) is 43.8 Å². The van der Waals surface area contributed by atoms with E-state index in [9.17, 15) is 0 Å². The molecular formula is C21H30O2. The average Bonchev–Trinajstić information content (AvgIpc) is 3.14. The number of fused-ring (bicyclic) bond motifs is 2. The molecule has 1 aromatic carbocycles. The highest BCUT2D eigenvalue weighted by molar-refractivity contribution is 5.31. The summed E-state index contributed by atoms with van der Waals surface area (Å²) in [5.74, 6) is 2.71. The fourth-order valence-corrected chi connectivity index (χ4v) is 5.09. The first-order chi connectivity index (χ1) is 11.2. The van der Waals surface area contributed by atoms with Crippen LogP contribution in [0.4, 0.5) is 0 Å². The molecule has 0 aromatic heterocycles. The summed E-state index contributed by atoms with van der Waals surface area (Å²) in [6.07, 6.45) is 4.16. The summed E-state index contributed by atoms with van der Waals surface area (Å²) in [6.45, 7) is 13.8. The summed E-state index contributed by atoms with van der Waals surface area (Å²) in [6, 6.07) is 11.0. The highest BCUT2D eigenvalue weighted by Crippen LogP contribution is 2.62. The van der Waals surface area contributed by atoms with Gasteiger partial charge in [-0.05, 0) is 42.1 Å². The van der Waals surface area contributed by atoms with Gasteiger partial charge in [0.1, 0.15) is 0 Å². The van der Waals surface area contributed by atoms with Crippen molar-refractivity contribution in [3.63, 3.8) is 0 Å². The Morgan fingerprint density at radius 3 is 2.48 bits per heavy atom. The fraction of sp³-hybridized carbons (Fsp3) is 0.524. The number of hydrogen-bond acceptors (Lipinski definition) is 2.